The van der Waals surface area contributed by atoms with Crippen molar-refractivity contribution in [2.75, 3.05) is 0 Å². The zero-order chi connectivity index (χ0) is 16.7. The maximum atomic E-state index is 13.4. The lowest BCUT2D eigenvalue weighted by Gasteiger charge is -2.05. The van der Waals surface area contributed by atoms with Crippen molar-refractivity contribution < 1.29 is 8.78 Å². The van der Waals surface area contributed by atoms with Gasteiger partial charge in [-0.3, -0.25) is 19.6 Å². The number of nitrogens with zero attached hydrogens (tertiary/aromatic N) is 5. The number of hydrogen-bond donors (Lipinski definition) is 0. The quantitative estimate of drug-likeness (QED) is 0.567. The van der Waals surface area contributed by atoms with Gasteiger partial charge in [0.2, 0.25) is 0 Å². The van der Waals surface area contributed by atoms with Gasteiger partial charge in [0.05, 0.1) is 29.1 Å². The summed E-state index contributed by atoms with van der Waals surface area (Å²) in [6.45, 7) is 0. The molecule has 4 heterocycles. The van der Waals surface area contributed by atoms with Gasteiger partial charge in [0, 0.05) is 36.6 Å². The molecule has 0 bridgehead atoms. The van der Waals surface area contributed by atoms with Crippen molar-refractivity contribution in [3.05, 3.63) is 60.7 Å². The van der Waals surface area contributed by atoms with Crippen LogP contribution in [-0.2, 0) is 7.05 Å². The molecule has 7 heteroatoms. The Morgan fingerprint density at radius 2 is 1.75 bits per heavy atom. The molecule has 0 aromatic carbocycles. The highest BCUT2D eigenvalue weighted by molar-refractivity contribution is 5.94. The van der Waals surface area contributed by atoms with Crippen LogP contribution in [0.1, 0.15) is 0 Å². The van der Waals surface area contributed by atoms with Crippen molar-refractivity contribution >= 4 is 11.0 Å². The van der Waals surface area contributed by atoms with E-state index in [-0.39, 0.29) is 0 Å². The summed E-state index contributed by atoms with van der Waals surface area (Å²) < 4.78 is 28.2. The van der Waals surface area contributed by atoms with Crippen LogP contribution in [0.3, 0.4) is 0 Å². The molecular weight excluding hydrogens is 312 g/mol. The number of hydrogen-bond acceptors (Lipinski definition) is 4. The Hall–Kier alpha value is -3.22. The third kappa shape index (κ3) is 2.40. The fourth-order valence-corrected chi connectivity index (χ4v) is 2.61. The van der Waals surface area contributed by atoms with E-state index in [1.807, 2.05) is 6.20 Å². The molecule has 0 aliphatic heterocycles. The minimum absolute atomic E-state index is 0.414. The monoisotopic (exact) mass is 323 g/mol. The maximum Gasteiger partial charge on any atom is 0.143 e. The minimum Gasteiger partial charge on any atom is -0.274 e. The first-order valence-corrected chi connectivity index (χ1v) is 7.18. The van der Waals surface area contributed by atoms with Gasteiger partial charge in [-0.1, -0.05) is 0 Å². The SMILES string of the molecule is Cn1cc(-c2ccnc3cc(F)cnc23)c(-c2ccc(F)cn2)n1. The van der Waals surface area contributed by atoms with Gasteiger partial charge < -0.3 is 0 Å². The number of pyridine rings is 3. The standard InChI is InChI=1S/C17H11F2N5/c1-24-9-13(17(23-24)14-3-2-10(18)7-21-14)12-4-5-20-15-6-11(19)8-22-16(12)15/h2-9H,1H3. The smallest absolute Gasteiger partial charge is 0.143 e. The first-order chi connectivity index (χ1) is 11.6. The van der Waals surface area contributed by atoms with Gasteiger partial charge in [0.1, 0.15) is 17.3 Å². The second kappa shape index (κ2) is 5.45. The predicted molar refractivity (Wildman–Crippen MR) is 84.9 cm³/mol. The fraction of sp³-hybridized carbons (Fsp3) is 0.0588. The third-order valence-electron chi connectivity index (χ3n) is 3.63. The largest absolute Gasteiger partial charge is 0.274 e. The third-order valence-corrected chi connectivity index (χ3v) is 3.63. The van der Waals surface area contributed by atoms with Crippen molar-refractivity contribution in [1.29, 1.82) is 0 Å². The van der Waals surface area contributed by atoms with Crippen molar-refractivity contribution in [3.8, 4) is 22.5 Å². The van der Waals surface area contributed by atoms with Crippen LogP contribution in [0, 0.1) is 11.6 Å². The topological polar surface area (TPSA) is 56.5 Å². The first kappa shape index (κ1) is 14.4. The average molecular weight is 323 g/mol. The van der Waals surface area contributed by atoms with E-state index in [2.05, 4.69) is 20.1 Å². The number of halogens is 2. The van der Waals surface area contributed by atoms with Gasteiger partial charge in [0.15, 0.2) is 0 Å². The molecule has 0 unspecified atom stereocenters. The molecule has 24 heavy (non-hydrogen) atoms. The van der Waals surface area contributed by atoms with E-state index in [0.717, 1.165) is 23.5 Å². The van der Waals surface area contributed by atoms with E-state index in [4.69, 9.17) is 0 Å². The Morgan fingerprint density at radius 1 is 0.917 bits per heavy atom. The molecule has 0 saturated heterocycles. The second-order valence-corrected chi connectivity index (χ2v) is 5.31. The molecular formula is C17H11F2N5. The predicted octanol–water partition coefficient (Wildman–Crippen LogP) is 3.37. The van der Waals surface area contributed by atoms with Crippen LogP contribution in [0.25, 0.3) is 33.5 Å². The van der Waals surface area contributed by atoms with E-state index in [9.17, 15) is 8.78 Å². The van der Waals surface area contributed by atoms with Crippen LogP contribution < -0.4 is 0 Å². The Labute approximate surface area is 135 Å². The molecule has 5 nitrogen and oxygen atoms in total. The highest BCUT2D eigenvalue weighted by Gasteiger charge is 2.16. The molecule has 4 aromatic rings. The van der Waals surface area contributed by atoms with Gasteiger partial charge in [-0.15, -0.1) is 0 Å². The molecule has 4 aromatic heterocycles. The summed E-state index contributed by atoms with van der Waals surface area (Å²) in [5.41, 5.74) is 3.68. The maximum absolute atomic E-state index is 13.4. The number of aromatic nitrogens is 5. The van der Waals surface area contributed by atoms with Gasteiger partial charge in [-0.2, -0.15) is 5.10 Å². The highest BCUT2D eigenvalue weighted by atomic mass is 19.1. The van der Waals surface area contributed by atoms with E-state index in [1.54, 1.807) is 30.1 Å². The van der Waals surface area contributed by atoms with Gasteiger partial charge in [-0.25, -0.2) is 8.78 Å². The Bertz CT molecular complexity index is 1040. The Kier molecular flexibility index (Phi) is 3.26. The van der Waals surface area contributed by atoms with Crippen LogP contribution in [0.4, 0.5) is 8.78 Å². The van der Waals surface area contributed by atoms with Crippen molar-refractivity contribution in [1.82, 2.24) is 24.7 Å². The zero-order valence-electron chi connectivity index (χ0n) is 12.6. The Balaban J connectivity index is 1.96. The van der Waals surface area contributed by atoms with Gasteiger partial charge >= 0.3 is 0 Å². The first-order valence-electron chi connectivity index (χ1n) is 7.18. The Morgan fingerprint density at radius 3 is 2.54 bits per heavy atom. The highest BCUT2D eigenvalue weighted by Crippen LogP contribution is 2.33. The number of fused-ring (bicyclic) bond motifs is 1. The normalized spacial score (nSPS) is 11.1. The fourth-order valence-electron chi connectivity index (χ4n) is 2.61. The number of rotatable bonds is 2. The summed E-state index contributed by atoms with van der Waals surface area (Å²) in [5, 5.41) is 4.42. The summed E-state index contributed by atoms with van der Waals surface area (Å²) >= 11 is 0. The van der Waals surface area contributed by atoms with Crippen molar-refractivity contribution in [2.45, 2.75) is 0 Å². The molecule has 0 saturated carbocycles. The average Bonchev–Trinajstić information content (AvgIpc) is 2.96. The van der Waals surface area contributed by atoms with Crippen molar-refractivity contribution in [2.24, 2.45) is 7.05 Å². The van der Waals surface area contributed by atoms with E-state index in [1.165, 1.54) is 12.1 Å². The zero-order valence-corrected chi connectivity index (χ0v) is 12.6. The van der Waals surface area contributed by atoms with Crippen LogP contribution in [0.15, 0.2) is 49.1 Å². The van der Waals surface area contributed by atoms with E-state index < -0.39 is 11.6 Å². The summed E-state index contributed by atoms with van der Waals surface area (Å²) in [6.07, 6.45) is 5.71. The molecule has 0 N–H and O–H groups in total. The molecule has 0 radical (unpaired) electrons. The molecule has 118 valence electrons. The van der Waals surface area contributed by atoms with E-state index >= 15 is 0 Å². The van der Waals surface area contributed by atoms with Gasteiger partial charge in [0.25, 0.3) is 0 Å². The molecule has 0 aliphatic rings. The molecule has 0 spiro atoms. The molecule has 4 rings (SSSR count). The second-order valence-electron chi connectivity index (χ2n) is 5.31. The molecule has 0 amide bonds. The van der Waals surface area contributed by atoms with Crippen molar-refractivity contribution in [3.63, 3.8) is 0 Å². The summed E-state index contributed by atoms with van der Waals surface area (Å²) in [6, 6.07) is 6.02. The molecule has 0 atom stereocenters. The lowest BCUT2D eigenvalue weighted by atomic mass is 10.0. The summed E-state index contributed by atoms with van der Waals surface area (Å²) in [7, 11) is 1.78. The van der Waals surface area contributed by atoms with E-state index in [0.29, 0.717) is 22.4 Å². The van der Waals surface area contributed by atoms with Crippen LogP contribution in [0.5, 0.6) is 0 Å². The van der Waals surface area contributed by atoms with Crippen LogP contribution in [0.2, 0.25) is 0 Å². The molecule has 0 aliphatic carbocycles. The van der Waals surface area contributed by atoms with Crippen LogP contribution in [-0.4, -0.2) is 24.7 Å². The minimum atomic E-state index is -0.446. The lowest BCUT2D eigenvalue weighted by Crippen LogP contribution is -1.92. The number of aryl methyl sites for hydroxylation is 1. The lowest BCUT2D eigenvalue weighted by molar-refractivity contribution is 0.621. The molecule has 0 fully saturated rings. The van der Waals surface area contributed by atoms with Crippen LogP contribution >= 0.6 is 0 Å². The summed E-state index contributed by atoms with van der Waals surface area (Å²) in [5.74, 6) is -0.860. The van der Waals surface area contributed by atoms with Gasteiger partial charge in [-0.05, 0) is 18.2 Å². The summed E-state index contributed by atoms with van der Waals surface area (Å²) in [4.78, 5) is 12.4.